The van der Waals surface area contributed by atoms with Crippen LogP contribution in [0.15, 0.2) is 42.5 Å². The van der Waals surface area contributed by atoms with Crippen molar-refractivity contribution in [2.75, 3.05) is 5.32 Å². The molecule has 5 nitrogen and oxygen atoms in total. The second-order valence-corrected chi connectivity index (χ2v) is 4.54. The number of hydrogen-bond acceptors (Lipinski definition) is 3. The minimum absolute atomic E-state index is 0.255. The first kappa shape index (κ1) is 14.6. The fourth-order valence-corrected chi connectivity index (χ4v) is 1.88. The molecule has 3 N–H and O–H groups in total. The zero-order valence-corrected chi connectivity index (χ0v) is 11.5. The summed E-state index contributed by atoms with van der Waals surface area (Å²) in [5.74, 6) is -1.93. The molecule has 108 valence electrons. The van der Waals surface area contributed by atoms with E-state index in [1.165, 1.54) is 18.2 Å². The molecule has 0 atom stereocenters. The van der Waals surface area contributed by atoms with Crippen LogP contribution in [0.25, 0.3) is 0 Å². The number of aromatic hydroxyl groups is 1. The van der Waals surface area contributed by atoms with Gasteiger partial charge in [0.15, 0.2) is 0 Å². The highest BCUT2D eigenvalue weighted by atomic mass is 16.4. The molecular weight excluding hydrogens is 270 g/mol. The van der Waals surface area contributed by atoms with Crippen molar-refractivity contribution in [2.45, 2.75) is 13.3 Å². The van der Waals surface area contributed by atoms with Gasteiger partial charge in [-0.2, -0.15) is 0 Å². The number of carboxylic acids is 1. The maximum absolute atomic E-state index is 12.1. The average molecular weight is 285 g/mol. The number of rotatable bonds is 4. The summed E-state index contributed by atoms with van der Waals surface area (Å²) in [5.41, 5.74) is 1.67. The molecular formula is C16H15NO4. The van der Waals surface area contributed by atoms with E-state index >= 15 is 0 Å². The molecule has 2 aromatic rings. The van der Waals surface area contributed by atoms with Gasteiger partial charge in [0.25, 0.3) is 5.91 Å². The van der Waals surface area contributed by atoms with Gasteiger partial charge in [-0.3, -0.25) is 4.79 Å². The second kappa shape index (κ2) is 6.09. The van der Waals surface area contributed by atoms with Crippen molar-refractivity contribution >= 4 is 17.6 Å². The summed E-state index contributed by atoms with van der Waals surface area (Å²) in [4.78, 5) is 23.0. The molecule has 0 bridgehead atoms. The van der Waals surface area contributed by atoms with Crippen molar-refractivity contribution in [3.05, 3.63) is 59.2 Å². The van der Waals surface area contributed by atoms with Crippen LogP contribution in [0.2, 0.25) is 0 Å². The predicted molar refractivity (Wildman–Crippen MR) is 78.8 cm³/mol. The van der Waals surface area contributed by atoms with Crippen molar-refractivity contribution in [2.24, 2.45) is 0 Å². The monoisotopic (exact) mass is 285 g/mol. The number of carbonyl (C=O) groups is 2. The van der Waals surface area contributed by atoms with Gasteiger partial charge < -0.3 is 15.5 Å². The van der Waals surface area contributed by atoms with E-state index in [1.54, 1.807) is 12.1 Å². The molecule has 2 rings (SSSR count). The Bertz CT molecular complexity index is 677. The van der Waals surface area contributed by atoms with Crippen LogP contribution in [-0.2, 0) is 6.42 Å². The van der Waals surface area contributed by atoms with Crippen LogP contribution in [0.1, 0.15) is 33.2 Å². The third-order valence-corrected chi connectivity index (χ3v) is 3.11. The fraction of sp³-hybridized carbons (Fsp3) is 0.125. The molecule has 0 saturated heterocycles. The van der Waals surface area contributed by atoms with E-state index in [4.69, 9.17) is 5.11 Å². The third-order valence-electron chi connectivity index (χ3n) is 3.11. The van der Waals surface area contributed by atoms with Crippen molar-refractivity contribution in [3.8, 4) is 5.75 Å². The highest BCUT2D eigenvalue weighted by Gasteiger charge is 2.12. The molecule has 2 aromatic carbocycles. The Morgan fingerprint density at radius 3 is 2.33 bits per heavy atom. The zero-order valence-electron chi connectivity index (χ0n) is 11.5. The van der Waals surface area contributed by atoms with E-state index < -0.39 is 5.97 Å². The topological polar surface area (TPSA) is 86.6 Å². The fourth-order valence-electron chi connectivity index (χ4n) is 1.88. The number of carboxylic acid groups (broad SMARTS) is 1. The minimum Gasteiger partial charge on any atom is -0.507 e. The Morgan fingerprint density at radius 1 is 1.10 bits per heavy atom. The SMILES string of the molecule is CCc1ccc(C(=O)Nc2ccc(O)c(C(=O)O)c2)cc1. The Morgan fingerprint density at radius 2 is 1.76 bits per heavy atom. The number of amides is 1. The van der Waals surface area contributed by atoms with Crippen molar-refractivity contribution in [3.63, 3.8) is 0 Å². The van der Waals surface area contributed by atoms with E-state index in [9.17, 15) is 14.7 Å². The lowest BCUT2D eigenvalue weighted by molar-refractivity contribution is 0.0693. The lowest BCUT2D eigenvalue weighted by Crippen LogP contribution is -2.12. The first-order valence-electron chi connectivity index (χ1n) is 6.48. The zero-order chi connectivity index (χ0) is 15.4. The third kappa shape index (κ3) is 3.39. The quantitative estimate of drug-likeness (QED) is 0.754. The molecule has 0 aliphatic carbocycles. The largest absolute Gasteiger partial charge is 0.507 e. The maximum atomic E-state index is 12.1. The number of anilines is 1. The van der Waals surface area contributed by atoms with Gasteiger partial charge in [0.1, 0.15) is 11.3 Å². The second-order valence-electron chi connectivity index (χ2n) is 4.54. The van der Waals surface area contributed by atoms with E-state index in [-0.39, 0.29) is 17.2 Å². The number of aromatic carboxylic acids is 1. The predicted octanol–water partition coefficient (Wildman–Crippen LogP) is 2.91. The molecule has 0 aliphatic rings. The molecule has 0 radical (unpaired) electrons. The summed E-state index contributed by atoms with van der Waals surface area (Å²) in [6.45, 7) is 2.03. The van der Waals surface area contributed by atoms with Gasteiger partial charge >= 0.3 is 5.97 Å². The Kier molecular flexibility index (Phi) is 4.23. The molecule has 0 heterocycles. The Labute approximate surface area is 121 Å². The Balaban J connectivity index is 2.19. The molecule has 0 aliphatic heterocycles. The molecule has 0 fully saturated rings. The van der Waals surface area contributed by atoms with Gasteiger partial charge in [-0.25, -0.2) is 4.79 Å². The summed E-state index contributed by atoms with van der Waals surface area (Å²) < 4.78 is 0. The normalized spacial score (nSPS) is 10.1. The van der Waals surface area contributed by atoms with Crippen LogP contribution in [0, 0.1) is 0 Å². The number of hydrogen-bond donors (Lipinski definition) is 3. The smallest absolute Gasteiger partial charge is 0.339 e. The summed E-state index contributed by atoms with van der Waals surface area (Å²) >= 11 is 0. The molecule has 0 aromatic heterocycles. The highest BCUT2D eigenvalue weighted by Crippen LogP contribution is 2.22. The van der Waals surface area contributed by atoms with Crippen LogP contribution in [0.4, 0.5) is 5.69 Å². The number of carbonyl (C=O) groups excluding carboxylic acids is 1. The van der Waals surface area contributed by atoms with Crippen LogP contribution in [-0.4, -0.2) is 22.1 Å². The van der Waals surface area contributed by atoms with Gasteiger partial charge in [-0.05, 0) is 42.3 Å². The van der Waals surface area contributed by atoms with Crippen molar-refractivity contribution in [1.29, 1.82) is 0 Å². The molecule has 0 spiro atoms. The van der Waals surface area contributed by atoms with Crippen LogP contribution < -0.4 is 5.32 Å². The number of phenols is 1. The van der Waals surface area contributed by atoms with E-state index in [0.29, 0.717) is 11.3 Å². The summed E-state index contributed by atoms with van der Waals surface area (Å²) in [7, 11) is 0. The average Bonchev–Trinajstić information content (AvgIpc) is 2.49. The van der Waals surface area contributed by atoms with E-state index in [2.05, 4.69) is 5.32 Å². The minimum atomic E-state index is -1.25. The van der Waals surface area contributed by atoms with Crippen LogP contribution >= 0.6 is 0 Å². The lowest BCUT2D eigenvalue weighted by Gasteiger charge is -2.07. The lowest BCUT2D eigenvalue weighted by atomic mass is 10.1. The standard InChI is InChI=1S/C16H15NO4/c1-2-10-3-5-11(6-4-10)15(19)17-12-7-8-14(18)13(9-12)16(20)21/h3-9,18H,2H2,1H3,(H,17,19)(H,20,21). The van der Waals surface area contributed by atoms with Gasteiger partial charge in [0.2, 0.25) is 0 Å². The van der Waals surface area contributed by atoms with Gasteiger partial charge in [-0.15, -0.1) is 0 Å². The Hall–Kier alpha value is -2.82. The first-order chi connectivity index (χ1) is 10.0. The van der Waals surface area contributed by atoms with Crippen LogP contribution in [0.5, 0.6) is 5.75 Å². The van der Waals surface area contributed by atoms with Crippen molar-refractivity contribution in [1.82, 2.24) is 0 Å². The first-order valence-corrected chi connectivity index (χ1v) is 6.48. The number of nitrogens with one attached hydrogen (secondary N) is 1. The highest BCUT2D eigenvalue weighted by molar-refractivity contribution is 6.05. The van der Waals surface area contributed by atoms with Gasteiger partial charge in [0.05, 0.1) is 0 Å². The summed E-state index contributed by atoms with van der Waals surface area (Å²) in [5, 5.41) is 21.0. The molecule has 0 saturated carbocycles. The molecule has 21 heavy (non-hydrogen) atoms. The number of benzene rings is 2. The van der Waals surface area contributed by atoms with Gasteiger partial charge in [-0.1, -0.05) is 19.1 Å². The summed E-state index contributed by atoms with van der Waals surface area (Å²) in [6, 6.07) is 11.1. The number of aryl methyl sites for hydroxylation is 1. The molecule has 5 heteroatoms. The summed E-state index contributed by atoms with van der Waals surface area (Å²) in [6.07, 6.45) is 0.891. The van der Waals surface area contributed by atoms with E-state index in [1.807, 2.05) is 19.1 Å². The molecule has 1 amide bonds. The van der Waals surface area contributed by atoms with Crippen LogP contribution in [0.3, 0.4) is 0 Å². The maximum Gasteiger partial charge on any atom is 0.339 e. The van der Waals surface area contributed by atoms with Gasteiger partial charge in [0, 0.05) is 11.3 Å². The molecule has 0 unspecified atom stereocenters. The van der Waals surface area contributed by atoms with E-state index in [0.717, 1.165) is 12.0 Å². The van der Waals surface area contributed by atoms with Crippen molar-refractivity contribution < 1.29 is 19.8 Å².